The van der Waals surface area contributed by atoms with Crippen molar-refractivity contribution in [3.8, 4) is 11.3 Å². The first-order chi connectivity index (χ1) is 9.21. The monoisotopic (exact) mass is 343 g/mol. The van der Waals surface area contributed by atoms with Crippen LogP contribution in [-0.2, 0) is 6.18 Å². The number of nitrogens with zero attached hydrogens (tertiary/aromatic N) is 1. The summed E-state index contributed by atoms with van der Waals surface area (Å²) in [6.07, 6.45) is -4.00. The van der Waals surface area contributed by atoms with Gasteiger partial charge in [-0.15, -0.1) is 0 Å². The minimum atomic E-state index is -4.84. The lowest BCUT2D eigenvalue weighted by Crippen LogP contribution is -2.09. The second kappa shape index (κ2) is 5.39. The maximum absolute atomic E-state index is 14.0. The third-order valence-electron chi connectivity index (χ3n) is 2.44. The molecule has 2 rings (SSSR count). The van der Waals surface area contributed by atoms with Gasteiger partial charge in [-0.2, -0.15) is 13.2 Å². The molecule has 1 nitrogen and oxygen atoms in total. The summed E-state index contributed by atoms with van der Waals surface area (Å²) < 4.78 is 51.9. The molecule has 0 spiro atoms. The summed E-state index contributed by atoms with van der Waals surface area (Å²) in [7, 11) is 0. The Labute approximate surface area is 126 Å². The molecule has 0 aliphatic rings. The molecule has 1 heterocycles. The van der Waals surface area contributed by atoms with Gasteiger partial charge >= 0.3 is 6.18 Å². The number of rotatable bonds is 1. The fourth-order valence-corrected chi connectivity index (χ4v) is 2.27. The molecule has 0 bridgehead atoms. The van der Waals surface area contributed by atoms with Crippen molar-refractivity contribution >= 4 is 34.8 Å². The average Bonchev–Trinajstić information content (AvgIpc) is 2.33. The van der Waals surface area contributed by atoms with Crippen LogP contribution in [-0.4, -0.2) is 4.98 Å². The lowest BCUT2D eigenvalue weighted by molar-refractivity contribution is -0.140. The summed E-state index contributed by atoms with van der Waals surface area (Å²) in [6, 6.07) is 3.03. The molecular formula is C12H4Cl3F4N. The Morgan fingerprint density at radius 1 is 1.05 bits per heavy atom. The van der Waals surface area contributed by atoms with Gasteiger partial charge in [0.05, 0.1) is 15.6 Å². The van der Waals surface area contributed by atoms with Crippen molar-refractivity contribution in [2.75, 3.05) is 0 Å². The third kappa shape index (κ3) is 2.85. The molecular weight excluding hydrogens is 340 g/mol. The van der Waals surface area contributed by atoms with Gasteiger partial charge in [0.1, 0.15) is 5.69 Å². The smallest absolute Gasteiger partial charge is 0.253 e. The minimum Gasteiger partial charge on any atom is -0.253 e. The molecule has 8 heteroatoms. The number of hydrogen-bond acceptors (Lipinski definition) is 1. The number of benzene rings is 1. The van der Waals surface area contributed by atoms with E-state index in [9.17, 15) is 17.6 Å². The van der Waals surface area contributed by atoms with Crippen molar-refractivity contribution in [2.45, 2.75) is 6.18 Å². The quantitative estimate of drug-likeness (QED) is 0.466. The summed E-state index contributed by atoms with van der Waals surface area (Å²) in [4.78, 5) is 3.59. The zero-order valence-corrected chi connectivity index (χ0v) is 11.7. The second-order valence-corrected chi connectivity index (χ2v) is 4.99. The minimum absolute atomic E-state index is 0.00669. The van der Waals surface area contributed by atoms with E-state index in [2.05, 4.69) is 4.98 Å². The van der Waals surface area contributed by atoms with E-state index < -0.39 is 23.3 Å². The predicted octanol–water partition coefficient (Wildman–Crippen LogP) is 5.87. The van der Waals surface area contributed by atoms with E-state index in [1.54, 1.807) is 0 Å². The number of aromatic nitrogens is 1. The molecule has 0 saturated heterocycles. The molecule has 0 saturated carbocycles. The average molecular weight is 345 g/mol. The Hall–Kier alpha value is -1.04. The predicted molar refractivity (Wildman–Crippen MR) is 69.7 cm³/mol. The lowest BCUT2D eigenvalue weighted by Gasteiger charge is -2.12. The van der Waals surface area contributed by atoms with Crippen LogP contribution >= 0.6 is 34.8 Å². The third-order valence-corrected chi connectivity index (χ3v) is 3.46. The van der Waals surface area contributed by atoms with Crippen molar-refractivity contribution in [1.82, 2.24) is 4.98 Å². The van der Waals surface area contributed by atoms with Crippen molar-refractivity contribution < 1.29 is 17.6 Å². The molecule has 1 aromatic carbocycles. The molecule has 0 aliphatic carbocycles. The van der Waals surface area contributed by atoms with Crippen LogP contribution < -0.4 is 0 Å². The summed E-state index contributed by atoms with van der Waals surface area (Å²) in [5.74, 6) is -1.53. The first-order valence-corrected chi connectivity index (χ1v) is 6.22. The Morgan fingerprint density at radius 3 is 2.30 bits per heavy atom. The summed E-state index contributed by atoms with van der Waals surface area (Å²) >= 11 is 17.4. The van der Waals surface area contributed by atoms with Crippen LogP contribution in [0.2, 0.25) is 15.1 Å². The van der Waals surface area contributed by atoms with Gasteiger partial charge in [0.15, 0.2) is 5.82 Å². The summed E-state index contributed by atoms with van der Waals surface area (Å²) in [6.45, 7) is 0. The van der Waals surface area contributed by atoms with E-state index in [0.29, 0.717) is 6.07 Å². The molecule has 0 radical (unpaired) electrons. The highest BCUT2D eigenvalue weighted by Crippen LogP contribution is 2.39. The number of pyridine rings is 1. The first kappa shape index (κ1) is 15.4. The first-order valence-electron chi connectivity index (χ1n) is 5.08. The van der Waals surface area contributed by atoms with Gasteiger partial charge in [-0.3, -0.25) is 4.98 Å². The highest BCUT2D eigenvalue weighted by molar-refractivity contribution is 6.45. The van der Waals surface area contributed by atoms with Gasteiger partial charge in [0.25, 0.3) is 0 Å². The van der Waals surface area contributed by atoms with Crippen LogP contribution in [0, 0.1) is 5.82 Å². The van der Waals surface area contributed by atoms with Gasteiger partial charge < -0.3 is 0 Å². The second-order valence-electron chi connectivity index (χ2n) is 3.77. The molecule has 0 unspecified atom stereocenters. The van der Waals surface area contributed by atoms with E-state index in [0.717, 1.165) is 6.20 Å². The fraction of sp³-hybridized carbons (Fsp3) is 0.0833. The topological polar surface area (TPSA) is 12.9 Å². The van der Waals surface area contributed by atoms with Gasteiger partial charge in [-0.05, 0) is 18.2 Å². The Balaban J connectivity index is 2.72. The number of hydrogen-bond donors (Lipinski definition) is 0. The lowest BCUT2D eigenvalue weighted by atomic mass is 10.1. The normalized spacial score (nSPS) is 11.8. The Morgan fingerprint density at radius 2 is 1.70 bits per heavy atom. The van der Waals surface area contributed by atoms with Crippen molar-refractivity contribution in [3.63, 3.8) is 0 Å². The molecule has 0 amide bonds. The Bertz CT molecular complexity index is 670. The molecule has 0 fully saturated rings. The van der Waals surface area contributed by atoms with Crippen LogP contribution in [0.25, 0.3) is 11.3 Å². The molecule has 106 valence electrons. The molecule has 2 aromatic rings. The van der Waals surface area contributed by atoms with E-state index in [4.69, 9.17) is 34.8 Å². The van der Waals surface area contributed by atoms with Crippen LogP contribution in [0.1, 0.15) is 5.56 Å². The van der Waals surface area contributed by atoms with Gasteiger partial charge in [0, 0.05) is 16.8 Å². The molecule has 0 N–H and O–H groups in total. The summed E-state index contributed by atoms with van der Waals surface area (Å²) in [5.41, 5.74) is -2.10. The van der Waals surface area contributed by atoms with E-state index in [-0.39, 0.29) is 20.6 Å². The van der Waals surface area contributed by atoms with Gasteiger partial charge in [-0.25, -0.2) is 4.39 Å². The highest BCUT2D eigenvalue weighted by atomic mass is 35.5. The Kier molecular flexibility index (Phi) is 4.14. The van der Waals surface area contributed by atoms with E-state index in [1.165, 1.54) is 12.1 Å². The zero-order chi connectivity index (χ0) is 15.1. The number of halogens is 7. The van der Waals surface area contributed by atoms with Crippen LogP contribution in [0.5, 0.6) is 0 Å². The highest BCUT2D eigenvalue weighted by Gasteiger charge is 2.35. The van der Waals surface area contributed by atoms with E-state index in [1.807, 2.05) is 0 Å². The maximum atomic E-state index is 14.0. The van der Waals surface area contributed by atoms with Crippen molar-refractivity contribution in [2.24, 2.45) is 0 Å². The molecule has 0 aliphatic heterocycles. The molecule has 0 atom stereocenters. The van der Waals surface area contributed by atoms with Crippen LogP contribution in [0.3, 0.4) is 0 Å². The van der Waals surface area contributed by atoms with Crippen molar-refractivity contribution in [1.29, 1.82) is 0 Å². The SMILES string of the molecule is Fc1c(C(F)(F)F)ccnc1-c1cc(Cl)cc(Cl)c1Cl. The van der Waals surface area contributed by atoms with Crippen LogP contribution in [0.4, 0.5) is 17.6 Å². The standard InChI is InChI=1S/C12H4Cl3F4N/c13-5-3-6(9(15)8(14)4-5)11-10(16)7(1-2-20-11)12(17,18)19/h1-4H. The molecule has 20 heavy (non-hydrogen) atoms. The van der Waals surface area contributed by atoms with Gasteiger partial charge in [-0.1, -0.05) is 34.8 Å². The summed E-state index contributed by atoms with van der Waals surface area (Å²) in [5, 5.41) is -0.0254. The van der Waals surface area contributed by atoms with Gasteiger partial charge in [0.2, 0.25) is 0 Å². The van der Waals surface area contributed by atoms with E-state index >= 15 is 0 Å². The maximum Gasteiger partial charge on any atom is 0.419 e. The molecule has 1 aromatic heterocycles. The zero-order valence-electron chi connectivity index (χ0n) is 9.40. The van der Waals surface area contributed by atoms with Crippen LogP contribution in [0.15, 0.2) is 24.4 Å². The number of alkyl halides is 3. The van der Waals surface area contributed by atoms with Crippen molar-refractivity contribution in [3.05, 3.63) is 50.8 Å². The fourth-order valence-electron chi connectivity index (χ4n) is 1.58. The largest absolute Gasteiger partial charge is 0.419 e.